The van der Waals surface area contributed by atoms with Crippen molar-refractivity contribution in [3.63, 3.8) is 0 Å². The first-order chi connectivity index (χ1) is 12.5. The van der Waals surface area contributed by atoms with E-state index in [1.54, 1.807) is 10.9 Å². The average Bonchev–Trinajstić information content (AvgIpc) is 2.98. The molecule has 0 bridgehead atoms. The smallest absolute Gasteiger partial charge is 0.136 e. The summed E-state index contributed by atoms with van der Waals surface area (Å²) in [5.74, 6) is 0.268. The van der Waals surface area contributed by atoms with Crippen LogP contribution < -0.4 is 0 Å². The van der Waals surface area contributed by atoms with Gasteiger partial charge in [-0.25, -0.2) is 4.68 Å². The lowest BCUT2D eigenvalue weighted by Crippen LogP contribution is -2.61. The lowest BCUT2D eigenvalue weighted by Gasteiger charge is -2.51. The summed E-state index contributed by atoms with van der Waals surface area (Å²) >= 11 is 0. The highest BCUT2D eigenvalue weighted by molar-refractivity contribution is 5.81. The van der Waals surface area contributed by atoms with Gasteiger partial charge in [-0.15, -0.1) is 5.10 Å². The van der Waals surface area contributed by atoms with E-state index >= 15 is 0 Å². The molecular formula is C18H30N4O5. The van der Waals surface area contributed by atoms with Gasteiger partial charge in [0.2, 0.25) is 0 Å². The van der Waals surface area contributed by atoms with E-state index in [-0.39, 0.29) is 29.9 Å². The first kappa shape index (κ1) is 20.3. The van der Waals surface area contributed by atoms with Crippen LogP contribution in [0.4, 0.5) is 0 Å². The molecule has 1 aromatic rings. The topological polar surface area (TPSA) is 121 Å². The zero-order chi connectivity index (χ0) is 20.0. The summed E-state index contributed by atoms with van der Waals surface area (Å²) in [7, 11) is 0. The van der Waals surface area contributed by atoms with E-state index in [1.165, 1.54) is 0 Å². The van der Waals surface area contributed by atoms with Gasteiger partial charge in [-0.1, -0.05) is 5.21 Å². The highest BCUT2D eigenvalue weighted by atomic mass is 16.5. The van der Waals surface area contributed by atoms with Crippen LogP contribution in [0.25, 0.3) is 0 Å². The molecular weight excluding hydrogens is 352 g/mol. The Morgan fingerprint density at radius 2 is 1.78 bits per heavy atom. The number of hydrogen-bond donors (Lipinski definition) is 3. The number of carbonyl (C=O) groups is 1. The second-order valence-electron chi connectivity index (χ2n) is 8.96. The quantitative estimate of drug-likeness (QED) is 0.636. The maximum atomic E-state index is 12.1. The van der Waals surface area contributed by atoms with E-state index in [0.29, 0.717) is 25.2 Å². The van der Waals surface area contributed by atoms with Gasteiger partial charge in [-0.2, -0.15) is 0 Å². The number of piperidine rings is 1. The molecule has 3 N–H and O–H groups in total. The van der Waals surface area contributed by atoms with Gasteiger partial charge in [-0.05, 0) is 27.7 Å². The summed E-state index contributed by atoms with van der Waals surface area (Å²) in [4.78, 5) is 14.3. The second kappa shape index (κ2) is 7.21. The van der Waals surface area contributed by atoms with E-state index in [0.717, 1.165) is 0 Å². The number of aliphatic hydroxyl groups excluding tert-OH is 3. The van der Waals surface area contributed by atoms with Gasteiger partial charge >= 0.3 is 0 Å². The number of ketones is 1. The third-order valence-corrected chi connectivity index (χ3v) is 5.61. The van der Waals surface area contributed by atoms with E-state index in [1.807, 2.05) is 0 Å². The van der Waals surface area contributed by atoms with Crippen LogP contribution >= 0.6 is 0 Å². The summed E-state index contributed by atoms with van der Waals surface area (Å²) < 4.78 is 7.15. The Bertz CT molecular complexity index is 669. The molecule has 0 amide bonds. The van der Waals surface area contributed by atoms with Crippen molar-refractivity contribution in [2.75, 3.05) is 6.61 Å². The fourth-order valence-corrected chi connectivity index (χ4v) is 4.32. The Kier molecular flexibility index (Phi) is 5.44. The summed E-state index contributed by atoms with van der Waals surface area (Å²) in [5, 5.41) is 37.7. The third kappa shape index (κ3) is 4.22. The summed E-state index contributed by atoms with van der Waals surface area (Å²) in [6.45, 7) is 8.70. The lowest BCUT2D eigenvalue weighted by atomic mass is 9.79. The van der Waals surface area contributed by atoms with Gasteiger partial charge in [0.05, 0.1) is 31.3 Å². The van der Waals surface area contributed by atoms with Crippen LogP contribution in [0.15, 0.2) is 6.20 Å². The van der Waals surface area contributed by atoms with Crippen molar-refractivity contribution in [2.45, 2.75) is 89.1 Å². The van der Waals surface area contributed by atoms with Crippen molar-refractivity contribution >= 4 is 5.78 Å². The van der Waals surface area contributed by atoms with Crippen LogP contribution in [-0.2, 0) is 22.6 Å². The van der Waals surface area contributed by atoms with Crippen LogP contribution in [0.1, 0.15) is 46.2 Å². The first-order valence-electron chi connectivity index (χ1n) is 9.34. The molecule has 152 valence electrons. The number of rotatable bonds is 4. The Hall–Kier alpha value is -1.39. The molecule has 3 heterocycles. The van der Waals surface area contributed by atoms with Crippen molar-refractivity contribution in [3.8, 4) is 0 Å². The van der Waals surface area contributed by atoms with Gasteiger partial charge in [0, 0.05) is 30.3 Å². The molecule has 0 saturated carbocycles. The number of aromatic nitrogens is 3. The molecule has 3 rings (SSSR count). The van der Waals surface area contributed by atoms with Crippen molar-refractivity contribution in [2.24, 2.45) is 0 Å². The number of Topliss-reactive ketones (excluding diaryl/α,β-unsaturated/α-hetero) is 1. The Balaban J connectivity index is 1.68. The van der Waals surface area contributed by atoms with E-state index in [4.69, 9.17) is 4.74 Å². The summed E-state index contributed by atoms with van der Waals surface area (Å²) in [5.41, 5.74) is 0.0631. The lowest BCUT2D eigenvalue weighted by molar-refractivity contribution is -0.186. The fraction of sp³-hybridized carbons (Fsp3) is 0.833. The second-order valence-corrected chi connectivity index (χ2v) is 8.96. The zero-order valence-corrected chi connectivity index (χ0v) is 16.4. The summed E-state index contributed by atoms with van der Waals surface area (Å²) in [6.07, 6.45) is -1.06. The molecule has 4 atom stereocenters. The monoisotopic (exact) mass is 382 g/mol. The largest absolute Gasteiger partial charge is 0.388 e. The van der Waals surface area contributed by atoms with Gasteiger partial charge in [0.25, 0.3) is 0 Å². The number of aliphatic hydroxyl groups is 3. The first-order valence-corrected chi connectivity index (χ1v) is 9.34. The van der Waals surface area contributed by atoms with E-state index in [2.05, 4.69) is 42.9 Å². The Morgan fingerprint density at radius 1 is 1.15 bits per heavy atom. The number of nitrogens with zero attached hydrogens (tertiary/aromatic N) is 4. The van der Waals surface area contributed by atoms with Crippen molar-refractivity contribution in [3.05, 3.63) is 11.9 Å². The molecule has 2 aliphatic rings. The third-order valence-electron chi connectivity index (χ3n) is 5.61. The van der Waals surface area contributed by atoms with Crippen LogP contribution in [0.2, 0.25) is 0 Å². The van der Waals surface area contributed by atoms with Crippen molar-refractivity contribution in [1.82, 2.24) is 19.9 Å². The minimum absolute atomic E-state index is 0.0266. The number of carbonyl (C=O) groups excluding carboxylic acids is 1. The maximum absolute atomic E-state index is 12.1. The molecule has 9 heteroatoms. The molecule has 2 aliphatic heterocycles. The molecule has 1 aromatic heterocycles. The fourth-order valence-electron chi connectivity index (χ4n) is 4.32. The van der Waals surface area contributed by atoms with E-state index in [9.17, 15) is 20.1 Å². The Morgan fingerprint density at radius 3 is 2.41 bits per heavy atom. The predicted octanol–water partition coefficient (Wildman–Crippen LogP) is -0.518. The zero-order valence-electron chi connectivity index (χ0n) is 16.4. The minimum Gasteiger partial charge on any atom is -0.388 e. The number of ether oxygens (including phenoxy) is 1. The summed E-state index contributed by atoms with van der Waals surface area (Å²) in [6, 6.07) is 0. The molecule has 9 nitrogen and oxygen atoms in total. The molecule has 0 unspecified atom stereocenters. The van der Waals surface area contributed by atoms with E-state index < -0.39 is 24.4 Å². The van der Waals surface area contributed by atoms with Gasteiger partial charge in [-0.3, -0.25) is 9.69 Å². The SMILES string of the molecule is CC1(C)CC(=O)CC(C)(C)N1Cn1cc(C[C@@H]2OC[C@@H](O)[C@H](O)[C@H]2O)nn1. The standard InChI is InChI=1S/C18H30N4O5/c1-17(2)6-12(23)7-18(3,4)22(17)10-21-8-11(19-20-21)5-14-16(26)15(25)13(24)9-27-14/h8,13-16,24-26H,5-7,9-10H2,1-4H3/t13-,14+,15+,16+/m1/s1. The molecule has 2 fully saturated rings. The minimum atomic E-state index is -1.23. The molecule has 0 aromatic carbocycles. The van der Waals surface area contributed by atoms with Crippen LogP contribution in [-0.4, -0.2) is 83.1 Å². The molecule has 0 spiro atoms. The molecule has 0 aliphatic carbocycles. The van der Waals surface area contributed by atoms with Crippen LogP contribution in [0.5, 0.6) is 0 Å². The number of likely N-dealkylation sites (tertiary alicyclic amines) is 1. The average molecular weight is 382 g/mol. The Labute approximate surface area is 158 Å². The van der Waals surface area contributed by atoms with Gasteiger partial charge < -0.3 is 20.1 Å². The number of hydrogen-bond acceptors (Lipinski definition) is 8. The predicted molar refractivity (Wildman–Crippen MR) is 95.7 cm³/mol. The normalized spacial score (nSPS) is 34.0. The van der Waals surface area contributed by atoms with Crippen LogP contribution in [0, 0.1) is 0 Å². The van der Waals surface area contributed by atoms with Crippen LogP contribution in [0.3, 0.4) is 0 Å². The van der Waals surface area contributed by atoms with Gasteiger partial charge in [0.15, 0.2) is 0 Å². The highest BCUT2D eigenvalue weighted by Crippen LogP contribution is 2.36. The van der Waals surface area contributed by atoms with Crippen molar-refractivity contribution < 1.29 is 24.9 Å². The molecule has 27 heavy (non-hydrogen) atoms. The molecule has 2 saturated heterocycles. The van der Waals surface area contributed by atoms with Crippen molar-refractivity contribution in [1.29, 1.82) is 0 Å². The van der Waals surface area contributed by atoms with Gasteiger partial charge in [0.1, 0.15) is 24.1 Å². The maximum Gasteiger partial charge on any atom is 0.136 e. The molecule has 0 radical (unpaired) electrons. The highest BCUT2D eigenvalue weighted by Gasteiger charge is 2.45.